The van der Waals surface area contributed by atoms with Gasteiger partial charge in [-0.3, -0.25) is 4.79 Å². The summed E-state index contributed by atoms with van der Waals surface area (Å²) in [5.74, 6) is -0.0964. The van der Waals surface area contributed by atoms with Gasteiger partial charge in [-0.25, -0.2) is 4.39 Å². The van der Waals surface area contributed by atoms with Crippen LogP contribution in [-0.2, 0) is 11.2 Å². The van der Waals surface area contributed by atoms with E-state index in [9.17, 15) is 9.18 Å². The van der Waals surface area contributed by atoms with Crippen LogP contribution in [0.5, 0.6) is 0 Å². The van der Waals surface area contributed by atoms with Gasteiger partial charge in [0.25, 0.3) is 0 Å². The second-order valence-electron chi connectivity index (χ2n) is 5.35. The average Bonchev–Trinajstić information content (AvgIpc) is 2.58. The molecule has 0 unspecified atom stereocenters. The molecule has 0 saturated carbocycles. The molecule has 122 valence electrons. The van der Waals surface area contributed by atoms with Crippen LogP contribution < -0.4 is 10.2 Å². The topological polar surface area (TPSA) is 32.3 Å². The number of anilines is 1. The van der Waals surface area contributed by atoms with E-state index >= 15 is 0 Å². The molecule has 2 aromatic rings. The monoisotopic (exact) mass is 314 g/mol. The van der Waals surface area contributed by atoms with Gasteiger partial charge in [0.1, 0.15) is 5.82 Å². The highest BCUT2D eigenvalue weighted by molar-refractivity contribution is 5.93. The van der Waals surface area contributed by atoms with Crippen LogP contribution in [0.25, 0.3) is 0 Å². The van der Waals surface area contributed by atoms with Gasteiger partial charge in [0, 0.05) is 25.2 Å². The maximum Gasteiger partial charge on any atom is 0.228 e. The molecule has 2 rings (SSSR count). The molecule has 0 bridgehead atoms. The van der Waals surface area contributed by atoms with Crippen LogP contribution >= 0.6 is 0 Å². The van der Waals surface area contributed by atoms with Gasteiger partial charge >= 0.3 is 0 Å². The molecule has 0 atom stereocenters. The van der Waals surface area contributed by atoms with Crippen molar-refractivity contribution in [2.45, 2.75) is 19.8 Å². The summed E-state index contributed by atoms with van der Waals surface area (Å²) >= 11 is 0. The van der Waals surface area contributed by atoms with Crippen molar-refractivity contribution in [3.63, 3.8) is 0 Å². The van der Waals surface area contributed by atoms with E-state index in [-0.39, 0.29) is 11.7 Å². The van der Waals surface area contributed by atoms with Crippen LogP contribution in [0.4, 0.5) is 10.1 Å². The quantitative estimate of drug-likeness (QED) is 0.757. The second kappa shape index (κ2) is 9.06. The highest BCUT2D eigenvalue weighted by Crippen LogP contribution is 2.13. The molecule has 0 radical (unpaired) electrons. The molecule has 0 spiro atoms. The Labute approximate surface area is 137 Å². The van der Waals surface area contributed by atoms with Crippen molar-refractivity contribution in [3.8, 4) is 0 Å². The Balaban J connectivity index is 1.70. The molecular weight excluding hydrogens is 291 g/mol. The Morgan fingerprint density at radius 2 is 1.74 bits per heavy atom. The standard InChI is InChI=1S/C19H23FN2O/c1-2-22(18-6-4-3-5-7-18)19(23)13-15-21-14-12-16-8-10-17(20)11-9-16/h3-11,21H,2,12-15H2,1H3. The number of para-hydroxylation sites is 1. The normalized spacial score (nSPS) is 10.5. The third kappa shape index (κ3) is 5.49. The van der Waals surface area contributed by atoms with Crippen LogP contribution in [0.1, 0.15) is 18.9 Å². The van der Waals surface area contributed by atoms with Gasteiger partial charge in [-0.05, 0) is 49.7 Å². The lowest BCUT2D eigenvalue weighted by atomic mass is 10.1. The van der Waals surface area contributed by atoms with Crippen LogP contribution in [0.3, 0.4) is 0 Å². The third-order valence-corrected chi connectivity index (χ3v) is 3.70. The first kappa shape index (κ1) is 17.2. The number of nitrogens with one attached hydrogen (secondary N) is 1. The summed E-state index contributed by atoms with van der Waals surface area (Å²) in [4.78, 5) is 14.1. The first-order valence-electron chi connectivity index (χ1n) is 8.01. The first-order valence-corrected chi connectivity index (χ1v) is 8.01. The molecule has 3 nitrogen and oxygen atoms in total. The van der Waals surface area contributed by atoms with E-state index in [0.29, 0.717) is 19.5 Å². The Morgan fingerprint density at radius 3 is 2.39 bits per heavy atom. The predicted octanol–water partition coefficient (Wildman–Crippen LogP) is 3.40. The molecule has 0 aliphatic carbocycles. The number of carbonyl (C=O) groups is 1. The van der Waals surface area contributed by atoms with E-state index in [1.807, 2.05) is 37.3 Å². The van der Waals surface area contributed by atoms with E-state index < -0.39 is 0 Å². The highest BCUT2D eigenvalue weighted by atomic mass is 19.1. The zero-order valence-electron chi connectivity index (χ0n) is 13.5. The summed E-state index contributed by atoms with van der Waals surface area (Å²) < 4.78 is 12.8. The fourth-order valence-corrected chi connectivity index (χ4v) is 2.45. The number of rotatable bonds is 8. The van der Waals surface area contributed by atoms with Crippen molar-refractivity contribution in [2.24, 2.45) is 0 Å². The molecular formula is C19H23FN2O. The summed E-state index contributed by atoms with van der Waals surface area (Å²) in [5, 5.41) is 3.27. The summed E-state index contributed by atoms with van der Waals surface area (Å²) in [6.07, 6.45) is 1.29. The summed E-state index contributed by atoms with van der Waals surface area (Å²) in [6, 6.07) is 16.2. The fourth-order valence-electron chi connectivity index (χ4n) is 2.45. The van der Waals surface area contributed by atoms with Gasteiger partial charge in [-0.2, -0.15) is 0 Å². The van der Waals surface area contributed by atoms with Crippen molar-refractivity contribution in [1.29, 1.82) is 0 Å². The number of nitrogens with zero attached hydrogens (tertiary/aromatic N) is 1. The number of hydrogen-bond acceptors (Lipinski definition) is 2. The minimum absolute atomic E-state index is 0.119. The van der Waals surface area contributed by atoms with E-state index in [1.165, 1.54) is 12.1 Å². The van der Waals surface area contributed by atoms with E-state index in [0.717, 1.165) is 24.2 Å². The molecule has 0 aliphatic heterocycles. The van der Waals surface area contributed by atoms with E-state index in [2.05, 4.69) is 5.32 Å². The van der Waals surface area contributed by atoms with Gasteiger partial charge < -0.3 is 10.2 Å². The molecule has 1 N–H and O–H groups in total. The summed E-state index contributed by atoms with van der Waals surface area (Å²) in [6.45, 7) is 4.06. The average molecular weight is 314 g/mol. The van der Waals surface area contributed by atoms with E-state index in [1.54, 1.807) is 17.0 Å². The zero-order chi connectivity index (χ0) is 16.5. The number of amides is 1. The number of hydrogen-bond donors (Lipinski definition) is 1. The maximum absolute atomic E-state index is 12.8. The van der Waals surface area contributed by atoms with Crippen LogP contribution in [0.15, 0.2) is 54.6 Å². The molecule has 2 aromatic carbocycles. The SMILES string of the molecule is CCN(C(=O)CCNCCc1ccc(F)cc1)c1ccccc1. The molecule has 0 aliphatic rings. The Bertz CT molecular complexity index is 599. The molecule has 0 aromatic heterocycles. The molecule has 0 heterocycles. The zero-order valence-corrected chi connectivity index (χ0v) is 13.5. The van der Waals surface area contributed by atoms with Crippen LogP contribution in [0.2, 0.25) is 0 Å². The van der Waals surface area contributed by atoms with Crippen molar-refractivity contribution < 1.29 is 9.18 Å². The van der Waals surface area contributed by atoms with Gasteiger partial charge in [-0.1, -0.05) is 30.3 Å². The third-order valence-electron chi connectivity index (χ3n) is 3.70. The summed E-state index contributed by atoms with van der Waals surface area (Å²) in [7, 11) is 0. The molecule has 1 amide bonds. The fraction of sp³-hybridized carbons (Fsp3) is 0.316. The van der Waals surface area contributed by atoms with Crippen molar-refractivity contribution in [3.05, 3.63) is 66.0 Å². The van der Waals surface area contributed by atoms with Crippen molar-refractivity contribution in [2.75, 3.05) is 24.5 Å². The van der Waals surface area contributed by atoms with Crippen LogP contribution in [0, 0.1) is 5.82 Å². The Morgan fingerprint density at radius 1 is 1.04 bits per heavy atom. The van der Waals surface area contributed by atoms with Gasteiger partial charge in [0.05, 0.1) is 0 Å². The van der Waals surface area contributed by atoms with Gasteiger partial charge in [-0.15, -0.1) is 0 Å². The Hall–Kier alpha value is -2.20. The minimum Gasteiger partial charge on any atom is -0.316 e. The lowest BCUT2D eigenvalue weighted by Gasteiger charge is -2.21. The van der Waals surface area contributed by atoms with Crippen molar-refractivity contribution in [1.82, 2.24) is 5.32 Å². The van der Waals surface area contributed by atoms with E-state index in [4.69, 9.17) is 0 Å². The summed E-state index contributed by atoms with van der Waals surface area (Å²) in [5.41, 5.74) is 2.02. The predicted molar refractivity (Wildman–Crippen MR) is 92.1 cm³/mol. The van der Waals surface area contributed by atoms with Gasteiger partial charge in [0.15, 0.2) is 0 Å². The Kier molecular flexibility index (Phi) is 6.76. The molecule has 0 saturated heterocycles. The molecule has 23 heavy (non-hydrogen) atoms. The smallest absolute Gasteiger partial charge is 0.228 e. The largest absolute Gasteiger partial charge is 0.316 e. The number of benzene rings is 2. The lowest BCUT2D eigenvalue weighted by Crippen LogP contribution is -2.33. The molecule has 0 fully saturated rings. The molecule has 4 heteroatoms. The van der Waals surface area contributed by atoms with Gasteiger partial charge in [0.2, 0.25) is 5.91 Å². The second-order valence-corrected chi connectivity index (χ2v) is 5.35. The highest BCUT2D eigenvalue weighted by Gasteiger charge is 2.12. The lowest BCUT2D eigenvalue weighted by molar-refractivity contribution is -0.118. The first-order chi connectivity index (χ1) is 11.2. The van der Waals surface area contributed by atoms with Crippen LogP contribution in [-0.4, -0.2) is 25.5 Å². The van der Waals surface area contributed by atoms with Crippen molar-refractivity contribution >= 4 is 11.6 Å². The number of halogens is 1. The number of carbonyl (C=O) groups excluding carboxylic acids is 1. The maximum atomic E-state index is 12.8. The minimum atomic E-state index is -0.215.